The first-order valence-corrected chi connectivity index (χ1v) is 6.83. The summed E-state index contributed by atoms with van der Waals surface area (Å²) in [5.74, 6) is -1.36. The minimum Gasteiger partial charge on any atom is -0.298 e. The highest BCUT2D eigenvalue weighted by molar-refractivity contribution is 7.91. The van der Waals surface area contributed by atoms with Crippen LogP contribution < -0.4 is 0 Å². The van der Waals surface area contributed by atoms with Crippen LogP contribution in [0.5, 0.6) is 0 Å². The maximum atomic E-state index is 11.8. The average molecular weight is 229 g/mol. The number of hydrogen-bond donors (Lipinski definition) is 0. The third-order valence-corrected chi connectivity index (χ3v) is 4.52. The number of hydrogen-bond acceptors (Lipinski definition) is 4. The smallest absolute Gasteiger partial charge is 0.154 e. The van der Waals surface area contributed by atoms with Crippen molar-refractivity contribution in [2.75, 3.05) is 11.5 Å². The molecule has 1 heterocycles. The van der Waals surface area contributed by atoms with Gasteiger partial charge in [0.25, 0.3) is 0 Å². The van der Waals surface area contributed by atoms with Crippen LogP contribution in [0.4, 0.5) is 0 Å². The van der Waals surface area contributed by atoms with Crippen LogP contribution in [-0.2, 0) is 14.6 Å². The number of nitrogens with zero attached hydrogens (tertiary/aromatic N) is 1. The quantitative estimate of drug-likeness (QED) is 0.717. The molecule has 0 aromatic heterocycles. The molecule has 2 unspecified atom stereocenters. The van der Waals surface area contributed by atoms with Gasteiger partial charge in [0.1, 0.15) is 5.92 Å². The normalized spacial score (nSPS) is 26.1. The molecule has 0 aromatic carbocycles. The van der Waals surface area contributed by atoms with Crippen LogP contribution in [0.25, 0.3) is 0 Å². The van der Waals surface area contributed by atoms with E-state index in [2.05, 4.69) is 0 Å². The Morgan fingerprint density at radius 3 is 2.40 bits per heavy atom. The Labute approximate surface area is 90.2 Å². The Morgan fingerprint density at radius 1 is 1.47 bits per heavy atom. The molecule has 84 valence electrons. The maximum absolute atomic E-state index is 11.8. The van der Waals surface area contributed by atoms with Crippen molar-refractivity contribution < 1.29 is 13.2 Å². The Morgan fingerprint density at radius 2 is 2.07 bits per heavy atom. The van der Waals surface area contributed by atoms with Crippen molar-refractivity contribution in [3.63, 3.8) is 0 Å². The molecule has 4 nitrogen and oxygen atoms in total. The fourth-order valence-electron chi connectivity index (χ4n) is 1.81. The van der Waals surface area contributed by atoms with Crippen LogP contribution in [0.3, 0.4) is 0 Å². The zero-order chi connectivity index (χ0) is 11.6. The Hall–Kier alpha value is -0.890. The van der Waals surface area contributed by atoms with Crippen molar-refractivity contribution in [3.05, 3.63) is 0 Å². The first-order chi connectivity index (χ1) is 6.87. The largest absolute Gasteiger partial charge is 0.298 e. The minimum atomic E-state index is -3.04. The minimum absolute atomic E-state index is 0.0502. The van der Waals surface area contributed by atoms with Crippen molar-refractivity contribution >= 4 is 15.6 Å². The molecule has 1 fully saturated rings. The molecular weight excluding hydrogens is 214 g/mol. The van der Waals surface area contributed by atoms with Gasteiger partial charge in [0.15, 0.2) is 15.6 Å². The first kappa shape index (κ1) is 12.2. The van der Waals surface area contributed by atoms with Crippen LogP contribution in [0.1, 0.15) is 20.3 Å². The second-order valence-corrected chi connectivity index (χ2v) is 6.58. The van der Waals surface area contributed by atoms with Gasteiger partial charge in [-0.2, -0.15) is 5.26 Å². The third kappa shape index (κ3) is 2.78. The van der Waals surface area contributed by atoms with E-state index in [4.69, 9.17) is 5.26 Å². The topological polar surface area (TPSA) is 75.0 Å². The zero-order valence-electron chi connectivity index (χ0n) is 8.93. The first-order valence-electron chi connectivity index (χ1n) is 5.01. The number of carbonyl (C=O) groups excluding carboxylic acids is 1. The van der Waals surface area contributed by atoms with Gasteiger partial charge in [-0.1, -0.05) is 13.8 Å². The van der Waals surface area contributed by atoms with Gasteiger partial charge in [-0.25, -0.2) is 8.42 Å². The molecule has 1 rings (SSSR count). The summed E-state index contributed by atoms with van der Waals surface area (Å²) in [6.45, 7) is 3.60. The van der Waals surface area contributed by atoms with Crippen molar-refractivity contribution in [2.45, 2.75) is 20.3 Å². The van der Waals surface area contributed by atoms with E-state index in [0.29, 0.717) is 6.42 Å². The molecule has 0 aromatic rings. The number of sulfone groups is 1. The molecular formula is C10H15NO3S. The van der Waals surface area contributed by atoms with Crippen LogP contribution in [0.2, 0.25) is 0 Å². The van der Waals surface area contributed by atoms with Gasteiger partial charge < -0.3 is 0 Å². The van der Waals surface area contributed by atoms with Crippen molar-refractivity contribution in [2.24, 2.45) is 17.8 Å². The maximum Gasteiger partial charge on any atom is 0.154 e. The van der Waals surface area contributed by atoms with E-state index in [1.54, 1.807) is 13.8 Å². The third-order valence-electron chi connectivity index (χ3n) is 2.75. The fraction of sp³-hybridized carbons (Fsp3) is 0.800. The number of Topliss-reactive ketones (excluding diaryl/α,β-unsaturated/α-hetero) is 1. The summed E-state index contributed by atoms with van der Waals surface area (Å²) >= 11 is 0. The van der Waals surface area contributed by atoms with Crippen molar-refractivity contribution in [3.8, 4) is 6.07 Å². The molecule has 0 radical (unpaired) electrons. The van der Waals surface area contributed by atoms with Gasteiger partial charge in [-0.3, -0.25) is 4.79 Å². The van der Waals surface area contributed by atoms with Crippen LogP contribution in [-0.4, -0.2) is 25.7 Å². The van der Waals surface area contributed by atoms with Crippen LogP contribution >= 0.6 is 0 Å². The van der Waals surface area contributed by atoms with E-state index in [1.807, 2.05) is 6.07 Å². The SMILES string of the molecule is CC(C)C(C#N)C(=O)C1CCS(=O)(=O)C1. The standard InChI is InChI=1S/C10H15NO3S/c1-7(2)9(5-11)10(12)8-3-4-15(13,14)6-8/h7-9H,3-4,6H2,1-2H3. The number of nitriles is 1. The second kappa shape index (κ2) is 4.31. The molecule has 1 aliphatic rings. The second-order valence-electron chi connectivity index (χ2n) is 4.35. The van der Waals surface area contributed by atoms with Crippen molar-refractivity contribution in [1.29, 1.82) is 5.26 Å². The summed E-state index contributed by atoms with van der Waals surface area (Å²) in [6, 6.07) is 1.96. The summed E-state index contributed by atoms with van der Waals surface area (Å²) in [5, 5.41) is 8.84. The van der Waals surface area contributed by atoms with E-state index in [1.165, 1.54) is 0 Å². The molecule has 0 saturated carbocycles. The summed E-state index contributed by atoms with van der Waals surface area (Å²) in [6.07, 6.45) is 0.381. The molecule has 0 bridgehead atoms. The lowest BCUT2D eigenvalue weighted by Crippen LogP contribution is -2.27. The van der Waals surface area contributed by atoms with Gasteiger partial charge in [0, 0.05) is 5.92 Å². The fourth-order valence-corrected chi connectivity index (χ4v) is 3.57. The Kier molecular flexibility index (Phi) is 3.50. The molecule has 1 aliphatic heterocycles. The monoisotopic (exact) mass is 229 g/mol. The highest BCUT2D eigenvalue weighted by Gasteiger charge is 2.37. The summed E-state index contributed by atoms with van der Waals surface area (Å²) in [5.41, 5.74) is 0. The van der Waals surface area contributed by atoms with E-state index in [0.717, 1.165) is 0 Å². The summed E-state index contributed by atoms with van der Waals surface area (Å²) in [7, 11) is -3.04. The van der Waals surface area contributed by atoms with E-state index in [-0.39, 0.29) is 23.2 Å². The Bertz CT molecular complexity index is 391. The van der Waals surface area contributed by atoms with Gasteiger partial charge in [0.2, 0.25) is 0 Å². The van der Waals surface area contributed by atoms with Gasteiger partial charge in [-0.15, -0.1) is 0 Å². The molecule has 0 N–H and O–H groups in total. The summed E-state index contributed by atoms with van der Waals surface area (Å²) < 4.78 is 22.4. The molecule has 15 heavy (non-hydrogen) atoms. The van der Waals surface area contributed by atoms with Gasteiger partial charge >= 0.3 is 0 Å². The lowest BCUT2D eigenvalue weighted by Gasteiger charge is -2.14. The molecule has 0 aliphatic carbocycles. The Balaban J connectivity index is 2.75. The predicted octanol–water partition coefficient (Wildman–Crippen LogP) is 0.786. The lowest BCUT2D eigenvalue weighted by molar-refractivity contribution is -0.125. The van der Waals surface area contributed by atoms with E-state index >= 15 is 0 Å². The van der Waals surface area contributed by atoms with Crippen LogP contribution in [0.15, 0.2) is 0 Å². The highest BCUT2D eigenvalue weighted by atomic mass is 32.2. The van der Waals surface area contributed by atoms with Gasteiger partial charge in [-0.05, 0) is 12.3 Å². The average Bonchev–Trinajstić information content (AvgIpc) is 2.46. The highest BCUT2D eigenvalue weighted by Crippen LogP contribution is 2.25. The lowest BCUT2D eigenvalue weighted by atomic mass is 9.86. The summed E-state index contributed by atoms with van der Waals surface area (Å²) in [4.78, 5) is 11.8. The number of rotatable bonds is 3. The van der Waals surface area contributed by atoms with Crippen molar-refractivity contribution in [1.82, 2.24) is 0 Å². The van der Waals surface area contributed by atoms with Crippen LogP contribution in [0, 0.1) is 29.1 Å². The van der Waals surface area contributed by atoms with E-state index in [9.17, 15) is 13.2 Å². The van der Waals surface area contributed by atoms with E-state index < -0.39 is 21.7 Å². The van der Waals surface area contributed by atoms with Gasteiger partial charge in [0.05, 0.1) is 17.6 Å². The molecule has 0 amide bonds. The number of ketones is 1. The number of carbonyl (C=O) groups is 1. The predicted molar refractivity (Wildman–Crippen MR) is 55.7 cm³/mol. The molecule has 2 atom stereocenters. The molecule has 5 heteroatoms. The zero-order valence-corrected chi connectivity index (χ0v) is 9.75. The molecule has 1 saturated heterocycles. The molecule has 0 spiro atoms.